The molecule has 0 unspecified atom stereocenters. The molecular weight excluding hydrogens is 356 g/mol. The summed E-state index contributed by atoms with van der Waals surface area (Å²) in [5.74, 6) is -0.551. The molecule has 0 radical (unpaired) electrons. The van der Waals surface area contributed by atoms with E-state index in [9.17, 15) is 14.7 Å². The number of ether oxygens (including phenoxy) is 1. The summed E-state index contributed by atoms with van der Waals surface area (Å²) >= 11 is 0. The minimum absolute atomic E-state index is 0.0258. The Balaban J connectivity index is 1.75. The standard InChI is InChI=1S/C22H20N2O4/c1-2-23-21(25)14-28-17-11-8-15(9-12-17)7-10-16-13-19(22(26)27)18-5-3-4-6-20(18)24-16/h3-13H,2,14H2,1H3,(H,23,25)(H,26,27)/b10-7+. The first kappa shape index (κ1) is 19.1. The second-order valence-corrected chi connectivity index (χ2v) is 6.06. The Morgan fingerprint density at radius 2 is 1.86 bits per heavy atom. The van der Waals surface area contributed by atoms with E-state index in [1.54, 1.807) is 42.5 Å². The minimum Gasteiger partial charge on any atom is -0.484 e. The molecule has 0 saturated heterocycles. The SMILES string of the molecule is CCNC(=O)COc1ccc(/C=C/c2cc(C(=O)O)c3ccccc3n2)cc1. The van der Waals surface area contributed by atoms with Gasteiger partial charge in [-0.1, -0.05) is 36.4 Å². The first-order chi connectivity index (χ1) is 13.6. The predicted octanol–water partition coefficient (Wildman–Crippen LogP) is 3.62. The van der Waals surface area contributed by atoms with Crippen molar-refractivity contribution in [3.63, 3.8) is 0 Å². The van der Waals surface area contributed by atoms with Crippen molar-refractivity contribution in [2.45, 2.75) is 6.92 Å². The lowest BCUT2D eigenvalue weighted by Gasteiger charge is -2.06. The van der Waals surface area contributed by atoms with Gasteiger partial charge < -0.3 is 15.2 Å². The fourth-order valence-electron chi connectivity index (χ4n) is 2.71. The zero-order chi connectivity index (χ0) is 19.9. The Bertz CT molecular complexity index is 1030. The van der Waals surface area contributed by atoms with Crippen LogP contribution in [0.4, 0.5) is 0 Å². The van der Waals surface area contributed by atoms with E-state index < -0.39 is 5.97 Å². The number of carboxylic acid groups (broad SMARTS) is 1. The number of hydrogen-bond donors (Lipinski definition) is 2. The van der Waals surface area contributed by atoms with Gasteiger partial charge in [0.2, 0.25) is 0 Å². The van der Waals surface area contributed by atoms with Crippen molar-refractivity contribution in [3.05, 3.63) is 71.4 Å². The van der Waals surface area contributed by atoms with E-state index in [0.717, 1.165) is 5.56 Å². The lowest BCUT2D eigenvalue weighted by atomic mass is 10.1. The molecule has 0 aliphatic heterocycles. The van der Waals surface area contributed by atoms with Crippen LogP contribution in [0.3, 0.4) is 0 Å². The molecule has 142 valence electrons. The number of hydrogen-bond acceptors (Lipinski definition) is 4. The van der Waals surface area contributed by atoms with E-state index >= 15 is 0 Å². The van der Waals surface area contributed by atoms with Crippen LogP contribution in [0.5, 0.6) is 5.75 Å². The lowest BCUT2D eigenvalue weighted by molar-refractivity contribution is -0.122. The fraction of sp³-hybridized carbons (Fsp3) is 0.136. The number of carbonyl (C=O) groups is 2. The maximum Gasteiger partial charge on any atom is 0.336 e. The Labute approximate surface area is 162 Å². The number of carboxylic acids is 1. The number of para-hydroxylation sites is 1. The molecular formula is C22H20N2O4. The van der Waals surface area contributed by atoms with Crippen LogP contribution >= 0.6 is 0 Å². The molecule has 0 fully saturated rings. The van der Waals surface area contributed by atoms with Crippen LogP contribution in [0.1, 0.15) is 28.5 Å². The van der Waals surface area contributed by atoms with Crippen molar-refractivity contribution in [3.8, 4) is 5.75 Å². The number of amides is 1. The number of benzene rings is 2. The van der Waals surface area contributed by atoms with Crippen molar-refractivity contribution in [1.29, 1.82) is 0 Å². The van der Waals surface area contributed by atoms with Crippen LogP contribution in [0.2, 0.25) is 0 Å². The van der Waals surface area contributed by atoms with Gasteiger partial charge in [0.1, 0.15) is 5.75 Å². The highest BCUT2D eigenvalue weighted by molar-refractivity contribution is 6.03. The quantitative estimate of drug-likeness (QED) is 0.657. The molecule has 0 aliphatic rings. The van der Waals surface area contributed by atoms with Gasteiger partial charge in [0.05, 0.1) is 16.8 Å². The second kappa shape index (κ2) is 8.81. The van der Waals surface area contributed by atoms with Gasteiger partial charge >= 0.3 is 5.97 Å². The smallest absolute Gasteiger partial charge is 0.336 e. The molecule has 0 saturated carbocycles. The van der Waals surface area contributed by atoms with Gasteiger partial charge in [0.15, 0.2) is 6.61 Å². The Hall–Kier alpha value is -3.67. The van der Waals surface area contributed by atoms with Crippen LogP contribution in [0.25, 0.3) is 23.1 Å². The van der Waals surface area contributed by atoms with Crippen molar-refractivity contribution in [2.75, 3.05) is 13.2 Å². The third-order valence-electron chi connectivity index (χ3n) is 4.04. The van der Waals surface area contributed by atoms with Crippen LogP contribution in [-0.4, -0.2) is 35.1 Å². The summed E-state index contributed by atoms with van der Waals surface area (Å²) in [7, 11) is 0. The highest BCUT2D eigenvalue weighted by Gasteiger charge is 2.10. The van der Waals surface area contributed by atoms with Gasteiger partial charge in [-0.15, -0.1) is 0 Å². The second-order valence-electron chi connectivity index (χ2n) is 6.06. The molecule has 0 bridgehead atoms. The number of carbonyl (C=O) groups excluding carboxylic acids is 1. The molecule has 3 rings (SSSR count). The molecule has 0 aliphatic carbocycles. The number of nitrogens with zero attached hydrogens (tertiary/aromatic N) is 1. The van der Waals surface area contributed by atoms with E-state index in [1.807, 2.05) is 31.2 Å². The number of nitrogens with one attached hydrogen (secondary N) is 1. The Morgan fingerprint density at radius 3 is 2.57 bits per heavy atom. The molecule has 28 heavy (non-hydrogen) atoms. The van der Waals surface area contributed by atoms with Crippen LogP contribution in [-0.2, 0) is 4.79 Å². The van der Waals surface area contributed by atoms with Crippen LogP contribution in [0.15, 0.2) is 54.6 Å². The summed E-state index contributed by atoms with van der Waals surface area (Å²) in [6.07, 6.45) is 3.61. The van der Waals surface area contributed by atoms with Gasteiger partial charge in [-0.25, -0.2) is 9.78 Å². The molecule has 1 aromatic heterocycles. The van der Waals surface area contributed by atoms with E-state index in [1.165, 1.54) is 0 Å². The molecule has 1 amide bonds. The molecule has 6 nitrogen and oxygen atoms in total. The normalized spacial score (nSPS) is 10.9. The topological polar surface area (TPSA) is 88.5 Å². The number of likely N-dealkylation sites (N-methyl/N-ethyl adjacent to an activating group) is 1. The van der Waals surface area contributed by atoms with Gasteiger partial charge in [-0.3, -0.25) is 4.79 Å². The molecule has 6 heteroatoms. The molecule has 0 atom stereocenters. The maximum atomic E-state index is 11.5. The first-order valence-electron chi connectivity index (χ1n) is 8.87. The minimum atomic E-state index is -0.984. The number of fused-ring (bicyclic) bond motifs is 1. The zero-order valence-electron chi connectivity index (χ0n) is 15.4. The number of aromatic carboxylic acids is 1. The van der Waals surface area contributed by atoms with Gasteiger partial charge in [-0.05, 0) is 42.8 Å². The van der Waals surface area contributed by atoms with E-state index in [4.69, 9.17) is 4.74 Å². The number of pyridine rings is 1. The Kier molecular flexibility index (Phi) is 6.01. The molecule has 2 aromatic carbocycles. The van der Waals surface area contributed by atoms with E-state index in [0.29, 0.717) is 28.9 Å². The molecule has 0 spiro atoms. The van der Waals surface area contributed by atoms with Gasteiger partial charge in [0.25, 0.3) is 5.91 Å². The molecule has 1 heterocycles. The summed E-state index contributed by atoms with van der Waals surface area (Å²) in [4.78, 5) is 27.4. The summed E-state index contributed by atoms with van der Waals surface area (Å²) in [6, 6.07) is 16.0. The third kappa shape index (κ3) is 4.73. The largest absolute Gasteiger partial charge is 0.484 e. The number of aromatic nitrogens is 1. The number of rotatable bonds is 7. The summed E-state index contributed by atoms with van der Waals surface area (Å²) in [5, 5.41) is 12.7. The van der Waals surface area contributed by atoms with Gasteiger partial charge in [0, 0.05) is 11.9 Å². The van der Waals surface area contributed by atoms with Crippen molar-refractivity contribution < 1.29 is 19.4 Å². The van der Waals surface area contributed by atoms with E-state index in [2.05, 4.69) is 10.3 Å². The van der Waals surface area contributed by atoms with Crippen LogP contribution in [0, 0.1) is 0 Å². The highest BCUT2D eigenvalue weighted by Crippen LogP contribution is 2.20. The lowest BCUT2D eigenvalue weighted by Crippen LogP contribution is -2.28. The van der Waals surface area contributed by atoms with E-state index in [-0.39, 0.29) is 18.1 Å². The van der Waals surface area contributed by atoms with Gasteiger partial charge in [-0.2, -0.15) is 0 Å². The van der Waals surface area contributed by atoms with Crippen molar-refractivity contribution >= 4 is 34.9 Å². The van der Waals surface area contributed by atoms with Crippen molar-refractivity contribution in [2.24, 2.45) is 0 Å². The highest BCUT2D eigenvalue weighted by atomic mass is 16.5. The fourth-order valence-corrected chi connectivity index (χ4v) is 2.71. The summed E-state index contributed by atoms with van der Waals surface area (Å²) in [5.41, 5.74) is 2.32. The predicted molar refractivity (Wildman–Crippen MR) is 108 cm³/mol. The monoisotopic (exact) mass is 376 g/mol. The zero-order valence-corrected chi connectivity index (χ0v) is 15.4. The third-order valence-corrected chi connectivity index (χ3v) is 4.04. The first-order valence-corrected chi connectivity index (χ1v) is 8.87. The van der Waals surface area contributed by atoms with Crippen LogP contribution < -0.4 is 10.1 Å². The maximum absolute atomic E-state index is 11.5. The van der Waals surface area contributed by atoms with Crippen molar-refractivity contribution in [1.82, 2.24) is 10.3 Å². The molecule has 3 aromatic rings. The average Bonchev–Trinajstić information content (AvgIpc) is 2.71. The Morgan fingerprint density at radius 1 is 1.11 bits per heavy atom. The summed E-state index contributed by atoms with van der Waals surface area (Å²) in [6.45, 7) is 2.39. The molecule has 2 N–H and O–H groups in total. The average molecular weight is 376 g/mol. The summed E-state index contributed by atoms with van der Waals surface area (Å²) < 4.78 is 5.41.